The number of carbonyl (C=O) groups excluding carboxylic acids is 2. The quantitative estimate of drug-likeness (QED) is 0.423. The number of rotatable bonds is 3. The van der Waals surface area contributed by atoms with Gasteiger partial charge in [-0.25, -0.2) is 9.59 Å². The molecule has 0 radical (unpaired) electrons. The first-order chi connectivity index (χ1) is 10.2. The van der Waals surface area contributed by atoms with E-state index in [9.17, 15) is 9.59 Å². The average Bonchev–Trinajstić information content (AvgIpc) is 3.34. The summed E-state index contributed by atoms with van der Waals surface area (Å²) in [7, 11) is 0. The van der Waals surface area contributed by atoms with Gasteiger partial charge in [-0.15, -0.1) is 0 Å². The topological polar surface area (TPSA) is 77.7 Å². The lowest BCUT2D eigenvalue weighted by molar-refractivity contribution is -0.173. The van der Waals surface area contributed by atoms with Gasteiger partial charge in [0.15, 0.2) is 0 Å². The fraction of sp³-hybridized carbons (Fsp3) is 0.867. The van der Waals surface area contributed by atoms with E-state index in [2.05, 4.69) is 0 Å². The van der Waals surface area contributed by atoms with Crippen LogP contribution in [0.25, 0.3) is 0 Å². The van der Waals surface area contributed by atoms with E-state index in [-0.39, 0.29) is 18.8 Å². The van der Waals surface area contributed by atoms with Gasteiger partial charge in [-0.2, -0.15) is 0 Å². The summed E-state index contributed by atoms with van der Waals surface area (Å²) >= 11 is 0. The number of hydrogen-bond donors (Lipinski definition) is 0. The van der Waals surface area contributed by atoms with Crippen molar-refractivity contribution < 1.29 is 28.5 Å². The van der Waals surface area contributed by atoms with Crippen LogP contribution in [0.2, 0.25) is 0 Å². The molecule has 6 nitrogen and oxygen atoms in total. The third kappa shape index (κ3) is 1.92. The second kappa shape index (κ2) is 4.20. The molecule has 2 heterocycles. The molecule has 0 aromatic carbocycles. The van der Waals surface area contributed by atoms with Gasteiger partial charge in [0.25, 0.3) is 0 Å². The Balaban J connectivity index is 1.18. The third-order valence-electron chi connectivity index (χ3n) is 5.91. The Hall–Kier alpha value is -1.14. The molecule has 2 bridgehead atoms. The molecule has 3 saturated carbocycles. The molecule has 5 rings (SSSR count). The monoisotopic (exact) mass is 294 g/mol. The lowest BCUT2D eigenvalue weighted by atomic mass is 9.79. The number of ether oxygens (including phenoxy) is 4. The minimum Gasteiger partial charge on any atom is -0.454 e. The number of fused-ring (bicyclic) bond motifs is 7. The van der Waals surface area contributed by atoms with E-state index >= 15 is 0 Å². The van der Waals surface area contributed by atoms with Gasteiger partial charge in [-0.05, 0) is 42.9 Å². The zero-order chi connectivity index (χ0) is 14.1. The van der Waals surface area contributed by atoms with Gasteiger partial charge >= 0.3 is 11.9 Å². The van der Waals surface area contributed by atoms with Crippen molar-refractivity contribution in [2.75, 3.05) is 13.2 Å². The first kappa shape index (κ1) is 12.4. The molecule has 0 spiro atoms. The molecule has 3 aliphatic carbocycles. The highest BCUT2D eigenvalue weighted by Gasteiger charge is 2.67. The molecule has 2 saturated heterocycles. The highest BCUT2D eigenvalue weighted by Crippen LogP contribution is 2.64. The van der Waals surface area contributed by atoms with Crippen molar-refractivity contribution in [2.45, 2.75) is 43.7 Å². The standard InChI is InChI=1S/C15H18O6/c16-14(19-5-7-4-18-7)15(17)21-10-2-6-1-8(10)9-3-11-13(20-11)12(6)9/h6-13H,1-5H2. The number of hydrogen-bond acceptors (Lipinski definition) is 6. The molecule has 8 atom stereocenters. The van der Waals surface area contributed by atoms with E-state index in [1.54, 1.807) is 0 Å². The smallest absolute Gasteiger partial charge is 0.417 e. The van der Waals surface area contributed by atoms with Gasteiger partial charge in [0.05, 0.1) is 18.8 Å². The molecule has 0 N–H and O–H groups in total. The molecule has 0 aromatic heterocycles. The largest absolute Gasteiger partial charge is 0.454 e. The zero-order valence-electron chi connectivity index (χ0n) is 11.6. The van der Waals surface area contributed by atoms with Crippen LogP contribution in [-0.4, -0.2) is 49.6 Å². The molecule has 6 heteroatoms. The number of carbonyl (C=O) groups is 2. The maximum Gasteiger partial charge on any atom is 0.417 e. The molecule has 0 amide bonds. The van der Waals surface area contributed by atoms with Gasteiger partial charge < -0.3 is 18.9 Å². The SMILES string of the molecule is O=C(OCC1CO1)C(=O)OC1CC2CC1C1CC3OC3C21. The van der Waals surface area contributed by atoms with Crippen LogP contribution in [0.5, 0.6) is 0 Å². The second-order valence-corrected chi connectivity index (χ2v) is 7.01. The Labute approximate surface area is 122 Å². The number of esters is 2. The summed E-state index contributed by atoms with van der Waals surface area (Å²) in [6.45, 7) is 0.748. The molecule has 0 aromatic rings. The van der Waals surface area contributed by atoms with Crippen molar-refractivity contribution in [3.05, 3.63) is 0 Å². The minimum absolute atomic E-state index is 0.0322. The predicted octanol–water partition coefficient (Wildman–Crippen LogP) is 0.283. The molecule has 5 aliphatic rings. The molecular formula is C15H18O6. The van der Waals surface area contributed by atoms with Crippen molar-refractivity contribution in [1.29, 1.82) is 0 Å². The van der Waals surface area contributed by atoms with E-state index in [1.165, 1.54) is 0 Å². The van der Waals surface area contributed by atoms with Crippen molar-refractivity contribution in [2.24, 2.45) is 23.7 Å². The minimum atomic E-state index is -0.887. The summed E-state index contributed by atoms with van der Waals surface area (Å²) in [5, 5.41) is 0. The Morgan fingerprint density at radius 1 is 1.10 bits per heavy atom. The highest BCUT2D eigenvalue weighted by molar-refractivity contribution is 6.29. The van der Waals surface area contributed by atoms with Crippen molar-refractivity contribution in [3.8, 4) is 0 Å². The van der Waals surface area contributed by atoms with Crippen molar-refractivity contribution in [1.82, 2.24) is 0 Å². The summed E-state index contributed by atoms with van der Waals surface area (Å²) in [4.78, 5) is 23.4. The van der Waals surface area contributed by atoms with Crippen LogP contribution in [0.1, 0.15) is 19.3 Å². The van der Waals surface area contributed by atoms with Gasteiger partial charge in [0, 0.05) is 0 Å². The van der Waals surface area contributed by atoms with Gasteiger partial charge in [-0.1, -0.05) is 0 Å². The Bertz CT molecular complexity index is 500. The normalized spacial score (nSPS) is 51.2. The van der Waals surface area contributed by atoms with E-state index in [1.807, 2.05) is 0 Å². The van der Waals surface area contributed by atoms with Crippen LogP contribution >= 0.6 is 0 Å². The summed E-state index contributed by atoms with van der Waals surface area (Å²) in [5.74, 6) is 0.591. The summed E-state index contributed by atoms with van der Waals surface area (Å²) < 4.78 is 20.9. The molecule has 114 valence electrons. The van der Waals surface area contributed by atoms with E-state index in [0.717, 1.165) is 19.3 Å². The first-order valence-corrected chi connectivity index (χ1v) is 7.85. The fourth-order valence-electron chi connectivity index (χ4n) is 4.98. The summed E-state index contributed by atoms with van der Waals surface area (Å²) in [6, 6.07) is 0. The zero-order valence-corrected chi connectivity index (χ0v) is 11.6. The molecule has 2 aliphatic heterocycles. The van der Waals surface area contributed by atoms with Crippen molar-refractivity contribution in [3.63, 3.8) is 0 Å². The van der Waals surface area contributed by atoms with Crippen LogP contribution in [-0.2, 0) is 28.5 Å². The maximum atomic E-state index is 11.8. The van der Waals surface area contributed by atoms with Crippen LogP contribution in [0.15, 0.2) is 0 Å². The van der Waals surface area contributed by atoms with Gasteiger partial charge in [0.1, 0.15) is 18.8 Å². The molecular weight excluding hydrogens is 276 g/mol. The first-order valence-electron chi connectivity index (χ1n) is 7.85. The highest BCUT2D eigenvalue weighted by atomic mass is 16.6. The fourth-order valence-corrected chi connectivity index (χ4v) is 4.98. The summed E-state index contributed by atoms with van der Waals surface area (Å²) in [6.07, 6.45) is 3.90. The molecule has 8 unspecified atom stereocenters. The number of epoxide rings is 2. The Morgan fingerprint density at radius 2 is 1.95 bits per heavy atom. The van der Waals surface area contributed by atoms with Crippen LogP contribution in [0.4, 0.5) is 0 Å². The lowest BCUT2D eigenvalue weighted by Crippen LogP contribution is -2.36. The lowest BCUT2D eigenvalue weighted by Gasteiger charge is -2.31. The van der Waals surface area contributed by atoms with E-state index in [0.29, 0.717) is 42.5 Å². The van der Waals surface area contributed by atoms with Crippen LogP contribution in [0.3, 0.4) is 0 Å². The van der Waals surface area contributed by atoms with Crippen LogP contribution in [0, 0.1) is 23.7 Å². The summed E-state index contributed by atoms with van der Waals surface area (Å²) in [5.41, 5.74) is 0. The maximum absolute atomic E-state index is 11.8. The van der Waals surface area contributed by atoms with Crippen molar-refractivity contribution >= 4 is 11.9 Å². The van der Waals surface area contributed by atoms with Crippen LogP contribution < -0.4 is 0 Å². The average molecular weight is 294 g/mol. The second-order valence-electron chi connectivity index (χ2n) is 7.01. The molecule has 5 fully saturated rings. The van der Waals surface area contributed by atoms with E-state index < -0.39 is 11.9 Å². The molecule has 21 heavy (non-hydrogen) atoms. The Morgan fingerprint density at radius 3 is 2.76 bits per heavy atom. The van der Waals surface area contributed by atoms with Gasteiger partial charge in [0.2, 0.25) is 0 Å². The third-order valence-corrected chi connectivity index (χ3v) is 5.91. The Kier molecular flexibility index (Phi) is 2.48. The predicted molar refractivity (Wildman–Crippen MR) is 67.1 cm³/mol. The van der Waals surface area contributed by atoms with E-state index in [4.69, 9.17) is 18.9 Å². The van der Waals surface area contributed by atoms with Gasteiger partial charge in [-0.3, -0.25) is 0 Å².